The summed E-state index contributed by atoms with van der Waals surface area (Å²) < 4.78 is 0. The van der Waals surface area contributed by atoms with Gasteiger partial charge in [0.25, 0.3) is 0 Å². The summed E-state index contributed by atoms with van der Waals surface area (Å²) in [5, 5.41) is 0. The van der Waals surface area contributed by atoms with Crippen molar-refractivity contribution in [1.29, 1.82) is 0 Å². The van der Waals surface area contributed by atoms with Crippen LogP contribution < -0.4 is 0 Å². The van der Waals surface area contributed by atoms with Crippen molar-refractivity contribution in [3.05, 3.63) is 0 Å². The fourth-order valence-corrected chi connectivity index (χ4v) is 2.33. The van der Waals surface area contributed by atoms with Gasteiger partial charge in [0.15, 0.2) is 0 Å². The van der Waals surface area contributed by atoms with Crippen molar-refractivity contribution in [3.8, 4) is 0 Å². The average Bonchev–Trinajstić information content (AvgIpc) is 2.49. The van der Waals surface area contributed by atoms with Gasteiger partial charge in [-0.25, -0.2) is 0 Å². The molecule has 0 saturated carbocycles. The summed E-state index contributed by atoms with van der Waals surface area (Å²) in [5.41, 5.74) is 0.395. The lowest BCUT2D eigenvalue weighted by Crippen LogP contribution is -2.33. The van der Waals surface area contributed by atoms with Gasteiger partial charge in [-0.2, -0.15) is 0 Å². The highest BCUT2D eigenvalue weighted by atomic mass is 16.2. The maximum Gasteiger partial charge on any atom is 0.219 e. The number of carbonyl (C=O) groups excluding carboxylic acids is 1. The van der Waals surface area contributed by atoms with Gasteiger partial charge in [0, 0.05) is 20.0 Å². The fourth-order valence-electron chi connectivity index (χ4n) is 2.33. The maximum atomic E-state index is 11.2. The number of nitrogens with zero attached hydrogens (tertiary/aromatic N) is 1. The first-order chi connectivity index (χ1) is 6.02. The number of likely N-dealkylation sites (tertiary alicyclic amines) is 1. The van der Waals surface area contributed by atoms with Crippen LogP contribution in [0.15, 0.2) is 0 Å². The van der Waals surface area contributed by atoms with E-state index in [1.807, 2.05) is 4.90 Å². The van der Waals surface area contributed by atoms with Gasteiger partial charge >= 0.3 is 0 Å². The smallest absolute Gasteiger partial charge is 0.219 e. The molecule has 76 valence electrons. The van der Waals surface area contributed by atoms with Crippen molar-refractivity contribution < 1.29 is 4.79 Å². The Morgan fingerprint density at radius 2 is 2.15 bits per heavy atom. The molecule has 0 N–H and O–H groups in total. The standard InChI is InChI=1S/C11H21NO/c1-5-11(9(2)3)6-7-12(8-11)10(4)13/h9H,5-8H2,1-4H3. The van der Waals surface area contributed by atoms with E-state index in [0.29, 0.717) is 11.3 Å². The molecule has 0 aromatic rings. The molecular weight excluding hydrogens is 162 g/mol. The second kappa shape index (κ2) is 3.69. The monoisotopic (exact) mass is 183 g/mol. The number of amides is 1. The lowest BCUT2D eigenvalue weighted by molar-refractivity contribution is -0.128. The van der Waals surface area contributed by atoms with Gasteiger partial charge < -0.3 is 4.90 Å². The Labute approximate surface area is 81.3 Å². The molecule has 1 amide bonds. The average molecular weight is 183 g/mol. The van der Waals surface area contributed by atoms with Crippen LogP contribution in [0.5, 0.6) is 0 Å². The first kappa shape index (κ1) is 10.6. The zero-order valence-electron chi connectivity index (χ0n) is 9.26. The minimum absolute atomic E-state index is 0.232. The fraction of sp³-hybridized carbons (Fsp3) is 0.909. The molecule has 1 fully saturated rings. The molecule has 1 atom stereocenters. The SMILES string of the molecule is CCC1(C(C)C)CCN(C(C)=O)C1. The summed E-state index contributed by atoms with van der Waals surface area (Å²) in [4.78, 5) is 13.2. The maximum absolute atomic E-state index is 11.2. The van der Waals surface area contributed by atoms with Crippen molar-refractivity contribution in [2.24, 2.45) is 11.3 Å². The minimum atomic E-state index is 0.232. The topological polar surface area (TPSA) is 20.3 Å². The van der Waals surface area contributed by atoms with E-state index >= 15 is 0 Å². The molecule has 0 aliphatic carbocycles. The van der Waals surface area contributed by atoms with Gasteiger partial charge in [-0.05, 0) is 24.2 Å². The van der Waals surface area contributed by atoms with Gasteiger partial charge in [-0.15, -0.1) is 0 Å². The van der Waals surface area contributed by atoms with Gasteiger partial charge in [-0.3, -0.25) is 4.79 Å². The van der Waals surface area contributed by atoms with E-state index in [2.05, 4.69) is 20.8 Å². The largest absolute Gasteiger partial charge is 0.342 e. The number of hydrogen-bond acceptors (Lipinski definition) is 1. The Hall–Kier alpha value is -0.530. The van der Waals surface area contributed by atoms with Gasteiger partial charge in [0.2, 0.25) is 5.91 Å². The van der Waals surface area contributed by atoms with E-state index in [0.717, 1.165) is 13.1 Å². The highest BCUT2D eigenvalue weighted by Crippen LogP contribution is 2.40. The van der Waals surface area contributed by atoms with Crippen LogP contribution in [0.25, 0.3) is 0 Å². The van der Waals surface area contributed by atoms with E-state index in [-0.39, 0.29) is 5.91 Å². The van der Waals surface area contributed by atoms with Crippen LogP contribution in [0.2, 0.25) is 0 Å². The van der Waals surface area contributed by atoms with E-state index in [9.17, 15) is 4.79 Å². The van der Waals surface area contributed by atoms with Crippen molar-refractivity contribution in [1.82, 2.24) is 4.90 Å². The van der Waals surface area contributed by atoms with Crippen LogP contribution in [0, 0.1) is 11.3 Å². The van der Waals surface area contributed by atoms with Crippen LogP contribution in [-0.2, 0) is 4.79 Å². The Kier molecular flexibility index (Phi) is 2.99. The van der Waals surface area contributed by atoms with E-state index in [1.54, 1.807) is 6.92 Å². The predicted octanol–water partition coefficient (Wildman–Crippen LogP) is 2.29. The first-order valence-corrected chi connectivity index (χ1v) is 5.27. The molecule has 1 heterocycles. The van der Waals surface area contributed by atoms with Crippen molar-refractivity contribution in [2.75, 3.05) is 13.1 Å². The van der Waals surface area contributed by atoms with Gasteiger partial charge in [0.05, 0.1) is 0 Å². The Morgan fingerprint density at radius 3 is 2.38 bits per heavy atom. The summed E-state index contributed by atoms with van der Waals surface area (Å²) in [6, 6.07) is 0. The molecule has 0 bridgehead atoms. The molecular formula is C11H21NO. The van der Waals surface area contributed by atoms with Gasteiger partial charge in [-0.1, -0.05) is 20.8 Å². The van der Waals surface area contributed by atoms with Crippen molar-refractivity contribution in [3.63, 3.8) is 0 Å². The first-order valence-electron chi connectivity index (χ1n) is 5.27. The second-order valence-electron chi connectivity index (χ2n) is 4.56. The quantitative estimate of drug-likeness (QED) is 0.643. The van der Waals surface area contributed by atoms with Crippen LogP contribution in [0.4, 0.5) is 0 Å². The lowest BCUT2D eigenvalue weighted by Gasteiger charge is -2.32. The van der Waals surface area contributed by atoms with Crippen LogP contribution in [0.3, 0.4) is 0 Å². The molecule has 0 aromatic carbocycles. The molecule has 2 nitrogen and oxygen atoms in total. The van der Waals surface area contributed by atoms with E-state index in [4.69, 9.17) is 0 Å². The Bertz CT molecular complexity index is 200. The highest BCUT2D eigenvalue weighted by molar-refractivity contribution is 5.73. The Balaban J connectivity index is 2.68. The molecule has 2 heteroatoms. The third kappa shape index (κ3) is 1.87. The lowest BCUT2D eigenvalue weighted by atomic mass is 9.74. The van der Waals surface area contributed by atoms with Crippen LogP contribution in [0.1, 0.15) is 40.5 Å². The zero-order valence-corrected chi connectivity index (χ0v) is 9.26. The third-order valence-electron chi connectivity index (χ3n) is 3.76. The summed E-state index contributed by atoms with van der Waals surface area (Å²) in [5.74, 6) is 0.915. The molecule has 1 aliphatic rings. The molecule has 1 aliphatic heterocycles. The normalized spacial score (nSPS) is 28.5. The molecule has 1 unspecified atom stereocenters. The number of carbonyl (C=O) groups is 1. The molecule has 13 heavy (non-hydrogen) atoms. The van der Waals surface area contributed by atoms with Crippen LogP contribution in [-0.4, -0.2) is 23.9 Å². The summed E-state index contributed by atoms with van der Waals surface area (Å²) in [6.07, 6.45) is 2.37. The Morgan fingerprint density at radius 1 is 1.54 bits per heavy atom. The molecule has 1 saturated heterocycles. The molecule has 0 spiro atoms. The molecule has 0 radical (unpaired) electrons. The van der Waals surface area contributed by atoms with Gasteiger partial charge in [0.1, 0.15) is 0 Å². The number of rotatable bonds is 2. The van der Waals surface area contributed by atoms with E-state index < -0.39 is 0 Å². The highest BCUT2D eigenvalue weighted by Gasteiger charge is 2.39. The minimum Gasteiger partial charge on any atom is -0.342 e. The summed E-state index contributed by atoms with van der Waals surface area (Å²) in [7, 11) is 0. The summed E-state index contributed by atoms with van der Waals surface area (Å²) in [6.45, 7) is 10.4. The third-order valence-corrected chi connectivity index (χ3v) is 3.76. The van der Waals surface area contributed by atoms with Crippen molar-refractivity contribution in [2.45, 2.75) is 40.5 Å². The predicted molar refractivity (Wildman–Crippen MR) is 54.4 cm³/mol. The van der Waals surface area contributed by atoms with Crippen molar-refractivity contribution >= 4 is 5.91 Å². The zero-order chi connectivity index (χ0) is 10.1. The number of hydrogen-bond donors (Lipinski definition) is 0. The second-order valence-corrected chi connectivity index (χ2v) is 4.56. The summed E-state index contributed by atoms with van der Waals surface area (Å²) >= 11 is 0. The molecule has 1 rings (SSSR count). The van der Waals surface area contributed by atoms with Crippen LogP contribution >= 0.6 is 0 Å². The molecule has 0 aromatic heterocycles. The van der Waals surface area contributed by atoms with E-state index in [1.165, 1.54) is 12.8 Å².